The van der Waals surface area contributed by atoms with Crippen molar-refractivity contribution in [3.8, 4) is 0 Å². The summed E-state index contributed by atoms with van der Waals surface area (Å²) in [6.07, 6.45) is 19.7. The van der Waals surface area contributed by atoms with Crippen LogP contribution < -0.4 is 24.8 Å². The molecule has 226 valence electrons. The van der Waals surface area contributed by atoms with Crippen molar-refractivity contribution in [1.82, 2.24) is 0 Å². The van der Waals surface area contributed by atoms with E-state index in [2.05, 4.69) is 124 Å². The topological polar surface area (TPSA) is 0 Å². The molecule has 3 atom stereocenters. The minimum Gasteiger partial charge on any atom is -1.00 e. The number of rotatable bonds is 4. The number of benzene rings is 1. The molecule has 6 rings (SSSR count). The van der Waals surface area contributed by atoms with Gasteiger partial charge < -0.3 is 24.8 Å². The van der Waals surface area contributed by atoms with E-state index in [-0.39, 0.29) is 50.2 Å². The zero-order valence-corrected chi connectivity index (χ0v) is 30.8. The van der Waals surface area contributed by atoms with Crippen molar-refractivity contribution in [2.24, 2.45) is 27.6 Å². The van der Waals surface area contributed by atoms with E-state index in [0.29, 0.717) is 5.92 Å². The minimum absolute atomic E-state index is 0. The fourth-order valence-electron chi connectivity index (χ4n) is 10.5. The Labute approximate surface area is 275 Å². The molecule has 0 nitrogen and oxygen atoms in total. The van der Waals surface area contributed by atoms with Crippen molar-refractivity contribution < 1.29 is 42.2 Å². The average Bonchev–Trinajstić information content (AvgIpc) is 3.58. The molecule has 0 saturated heterocycles. The van der Waals surface area contributed by atoms with Gasteiger partial charge in [-0.1, -0.05) is 0 Å². The van der Waals surface area contributed by atoms with Crippen molar-refractivity contribution in [2.75, 3.05) is 0 Å². The third-order valence-electron chi connectivity index (χ3n) is 14.0. The van der Waals surface area contributed by atoms with Crippen LogP contribution in [0.25, 0.3) is 5.57 Å². The quantitative estimate of drug-likeness (QED) is 0.407. The Morgan fingerprint density at radius 2 is 1.52 bits per heavy atom. The summed E-state index contributed by atoms with van der Waals surface area (Å²) in [4.78, 5) is 0. The Morgan fingerprint density at radius 3 is 2.14 bits per heavy atom. The fraction of sp³-hybridized carbons (Fsp3) is 0.564. The summed E-state index contributed by atoms with van der Waals surface area (Å²) in [5, 5.41) is 0. The molecule has 0 amide bonds. The van der Waals surface area contributed by atoms with Gasteiger partial charge in [0, 0.05) is 0 Å². The SMILES string of the molecule is CC[C](CC)=[Ti+2]([C]1=CC=CC1)[C]1(C)C2=C3Cc4ccccc4C3=C3C=CCCC3C2(C)C(C)(C)C(C)(C)C1(C)C.[Cl-].[Cl-]. The minimum atomic E-state index is -1.99. The van der Waals surface area contributed by atoms with Gasteiger partial charge in [0.15, 0.2) is 0 Å². The summed E-state index contributed by atoms with van der Waals surface area (Å²) in [6, 6.07) is 9.40. The van der Waals surface area contributed by atoms with E-state index in [0.717, 1.165) is 6.42 Å². The second kappa shape index (κ2) is 11.2. The van der Waals surface area contributed by atoms with Gasteiger partial charge in [0.2, 0.25) is 0 Å². The zero-order valence-electron chi connectivity index (χ0n) is 27.8. The normalized spacial score (nSPS) is 30.6. The molecule has 0 aromatic heterocycles. The smallest absolute Gasteiger partial charge is 1.00 e. The summed E-state index contributed by atoms with van der Waals surface area (Å²) in [5.74, 6) is 0.573. The van der Waals surface area contributed by atoms with Gasteiger partial charge in [-0.15, -0.1) is 0 Å². The number of halogens is 2. The van der Waals surface area contributed by atoms with Gasteiger partial charge in [-0.05, 0) is 0 Å². The molecule has 1 fully saturated rings. The van der Waals surface area contributed by atoms with E-state index in [1.807, 2.05) is 13.3 Å². The van der Waals surface area contributed by atoms with E-state index in [4.69, 9.17) is 0 Å². The van der Waals surface area contributed by atoms with Crippen LogP contribution in [0.3, 0.4) is 0 Å². The largest absolute Gasteiger partial charge is 1.00 e. The van der Waals surface area contributed by atoms with Crippen molar-refractivity contribution in [3.63, 3.8) is 0 Å². The first kappa shape index (κ1) is 34.0. The summed E-state index contributed by atoms with van der Waals surface area (Å²) < 4.78 is 3.89. The number of hydrogen-bond donors (Lipinski definition) is 0. The van der Waals surface area contributed by atoms with Gasteiger partial charge in [0.05, 0.1) is 0 Å². The van der Waals surface area contributed by atoms with E-state index in [9.17, 15) is 0 Å². The fourth-order valence-corrected chi connectivity index (χ4v) is 17.8. The number of allylic oxidation sites excluding steroid dienone is 10. The summed E-state index contributed by atoms with van der Waals surface area (Å²) in [5.41, 5.74) is 10.5. The van der Waals surface area contributed by atoms with Crippen molar-refractivity contribution in [1.29, 1.82) is 0 Å². The molecule has 42 heavy (non-hydrogen) atoms. The molecule has 1 aromatic carbocycles. The van der Waals surface area contributed by atoms with E-state index in [1.54, 1.807) is 22.3 Å². The Hall–Kier alpha value is -0.916. The maximum atomic E-state index is 2.81. The molecule has 5 aliphatic rings. The second-order valence-electron chi connectivity index (χ2n) is 15.3. The maximum absolute atomic E-state index is 2.81. The monoisotopic (exact) mass is 638 g/mol. The second-order valence-corrected chi connectivity index (χ2v) is 20.1. The molecule has 0 spiro atoms. The molecule has 3 unspecified atom stereocenters. The predicted molar refractivity (Wildman–Crippen MR) is 171 cm³/mol. The number of fused-ring (bicyclic) bond motifs is 6. The molecule has 0 N–H and O–H groups in total. The van der Waals surface area contributed by atoms with Crippen LogP contribution in [0.15, 0.2) is 75.2 Å². The van der Waals surface area contributed by atoms with Crippen LogP contribution in [0, 0.1) is 27.6 Å². The van der Waals surface area contributed by atoms with Gasteiger partial charge in [0.1, 0.15) is 0 Å². The molecule has 0 radical (unpaired) electrons. The van der Waals surface area contributed by atoms with Crippen molar-refractivity contribution in [3.05, 3.63) is 86.4 Å². The molecule has 0 heterocycles. The molecule has 5 aliphatic carbocycles. The Balaban J connectivity index is 0.00000202. The van der Waals surface area contributed by atoms with Crippen LogP contribution in [0.1, 0.15) is 112 Å². The van der Waals surface area contributed by atoms with Crippen LogP contribution in [-0.4, -0.2) is 3.81 Å². The van der Waals surface area contributed by atoms with Crippen LogP contribution in [0.5, 0.6) is 0 Å². The Morgan fingerprint density at radius 1 is 0.857 bits per heavy atom. The van der Waals surface area contributed by atoms with Gasteiger partial charge in [0.25, 0.3) is 0 Å². The first-order valence-electron chi connectivity index (χ1n) is 16.1. The zero-order chi connectivity index (χ0) is 28.9. The third-order valence-corrected chi connectivity index (χ3v) is 20.7. The van der Waals surface area contributed by atoms with Crippen LogP contribution in [0.4, 0.5) is 0 Å². The molecule has 3 heteroatoms. The van der Waals surface area contributed by atoms with E-state index in [1.165, 1.54) is 37.7 Å². The molecular weight excluding hydrogens is 587 g/mol. The first-order valence-corrected chi connectivity index (χ1v) is 18.5. The van der Waals surface area contributed by atoms with Crippen LogP contribution >= 0.6 is 0 Å². The molecule has 0 bridgehead atoms. The third kappa shape index (κ3) is 3.93. The van der Waals surface area contributed by atoms with Crippen molar-refractivity contribution >= 4 is 9.38 Å². The summed E-state index contributed by atoms with van der Waals surface area (Å²) in [6.45, 7) is 26.5. The van der Waals surface area contributed by atoms with Gasteiger partial charge in [-0.25, -0.2) is 0 Å². The van der Waals surface area contributed by atoms with Crippen LogP contribution in [0.2, 0.25) is 3.72 Å². The summed E-state index contributed by atoms with van der Waals surface area (Å²) in [7, 11) is 0. The molecular formula is C39H52Cl2Ti. The predicted octanol–water partition coefficient (Wildman–Crippen LogP) is 5.01. The average molecular weight is 640 g/mol. The standard InChI is InChI=1S/C29H37.C5H5.C5H10.2ClH.Ti/c1-18-25-22-17-19-13-9-10-14-20(19)24(22)21-15-11-12-16-23(21)29(25,8)28(6,7)27(4,5)26(18,2)3;1-2-4-5-3-1;1-3-5-4-2;;;/h9-11,13-15,23H,12,16-17H2,1-8H3;1-3H,4H2;3-4H2,1-2H3;2*1H;/q;;;;;+2/p-2. The molecule has 1 saturated carbocycles. The van der Waals surface area contributed by atoms with Gasteiger partial charge in [-0.3, -0.25) is 0 Å². The van der Waals surface area contributed by atoms with E-state index >= 15 is 0 Å². The Bertz CT molecular complexity index is 1470. The maximum Gasteiger partial charge on any atom is -1.00 e. The van der Waals surface area contributed by atoms with Gasteiger partial charge >= 0.3 is 252 Å². The number of hydrogen-bond acceptors (Lipinski definition) is 0. The van der Waals surface area contributed by atoms with Gasteiger partial charge in [-0.2, -0.15) is 0 Å². The van der Waals surface area contributed by atoms with Crippen LogP contribution in [-0.2, 0) is 23.8 Å². The summed E-state index contributed by atoms with van der Waals surface area (Å²) >= 11 is -1.99. The van der Waals surface area contributed by atoms with Crippen molar-refractivity contribution in [2.45, 2.75) is 111 Å². The molecule has 0 aliphatic heterocycles. The Kier molecular flexibility index (Phi) is 9.02. The first-order chi connectivity index (χ1) is 18.8. The molecule has 1 aromatic rings. The van der Waals surface area contributed by atoms with E-state index < -0.39 is 17.4 Å².